The summed E-state index contributed by atoms with van der Waals surface area (Å²) in [5.74, 6) is -0.00935. The van der Waals surface area contributed by atoms with Crippen LogP contribution in [0, 0.1) is 22.9 Å². The van der Waals surface area contributed by atoms with Gasteiger partial charge in [0.05, 0.1) is 24.1 Å². The molecule has 130 valence electrons. The molecule has 0 amide bonds. The molecule has 0 spiro atoms. The van der Waals surface area contributed by atoms with Crippen molar-refractivity contribution in [3.8, 4) is 11.4 Å². The summed E-state index contributed by atoms with van der Waals surface area (Å²) in [7, 11) is 0. The Labute approximate surface area is 140 Å². The number of benzene rings is 1. The van der Waals surface area contributed by atoms with Crippen LogP contribution in [0.5, 0.6) is 0 Å². The number of aromatic nitrogens is 6. The van der Waals surface area contributed by atoms with Crippen LogP contribution in [0.4, 0.5) is 10.1 Å². The zero-order chi connectivity index (χ0) is 18.0. The zero-order valence-electron chi connectivity index (χ0n) is 13.2. The average molecular weight is 347 g/mol. The fourth-order valence-corrected chi connectivity index (χ4v) is 2.23. The van der Waals surface area contributed by atoms with Crippen molar-refractivity contribution < 1.29 is 14.4 Å². The van der Waals surface area contributed by atoms with E-state index in [1.807, 2.05) is 0 Å². The van der Waals surface area contributed by atoms with Crippen LogP contribution in [0.2, 0.25) is 0 Å². The van der Waals surface area contributed by atoms with E-state index in [1.54, 1.807) is 19.1 Å². The first-order valence-corrected chi connectivity index (χ1v) is 7.31. The van der Waals surface area contributed by atoms with Gasteiger partial charge in [-0.3, -0.25) is 14.8 Å². The van der Waals surface area contributed by atoms with Crippen LogP contribution in [0.3, 0.4) is 0 Å². The summed E-state index contributed by atoms with van der Waals surface area (Å²) < 4.78 is 14.6. The van der Waals surface area contributed by atoms with Crippen LogP contribution in [-0.2, 0) is 13.1 Å². The van der Waals surface area contributed by atoms with Gasteiger partial charge in [-0.25, -0.2) is 4.39 Å². The molecule has 1 aromatic carbocycles. The van der Waals surface area contributed by atoms with Gasteiger partial charge in [-0.05, 0) is 35.9 Å². The Morgan fingerprint density at radius 1 is 1.40 bits per heavy atom. The van der Waals surface area contributed by atoms with Crippen LogP contribution >= 0.6 is 0 Å². The lowest BCUT2D eigenvalue weighted by molar-refractivity contribution is -0.385. The maximum atomic E-state index is 13.3. The summed E-state index contributed by atoms with van der Waals surface area (Å²) in [4.78, 5) is 11.2. The van der Waals surface area contributed by atoms with E-state index in [0.29, 0.717) is 17.0 Å². The van der Waals surface area contributed by atoms with Crippen molar-refractivity contribution in [2.45, 2.75) is 26.1 Å². The minimum atomic E-state index is -0.920. The smallest absolute Gasteiger partial charge is 0.306 e. The van der Waals surface area contributed by atoms with Crippen LogP contribution in [0.1, 0.15) is 5.56 Å². The lowest BCUT2D eigenvalue weighted by atomic mass is 10.1. The average Bonchev–Trinajstić information content (AvgIpc) is 3.19. The Kier molecular flexibility index (Phi) is 4.48. The third-order valence-corrected chi connectivity index (χ3v) is 3.47. The van der Waals surface area contributed by atoms with Crippen LogP contribution in [-0.4, -0.2) is 46.1 Å². The molecule has 2 aromatic heterocycles. The van der Waals surface area contributed by atoms with E-state index in [2.05, 4.69) is 20.5 Å². The maximum absolute atomic E-state index is 13.3. The number of nitrogens with zero attached hydrogens (tertiary/aromatic N) is 7. The highest BCUT2D eigenvalue weighted by molar-refractivity contribution is 5.55. The highest BCUT2D eigenvalue weighted by Gasteiger charge is 2.14. The van der Waals surface area contributed by atoms with Gasteiger partial charge in [0.15, 0.2) is 0 Å². The van der Waals surface area contributed by atoms with Gasteiger partial charge in [0.25, 0.3) is 0 Å². The molecule has 0 radical (unpaired) electrons. The Morgan fingerprint density at radius 2 is 2.20 bits per heavy atom. The van der Waals surface area contributed by atoms with Crippen LogP contribution in [0.25, 0.3) is 11.4 Å². The second kappa shape index (κ2) is 6.73. The number of hydrogen-bond acceptors (Lipinski definition) is 7. The van der Waals surface area contributed by atoms with Gasteiger partial charge in [-0.15, -0.1) is 10.2 Å². The lowest BCUT2D eigenvalue weighted by Crippen LogP contribution is -2.23. The first-order chi connectivity index (χ1) is 11.9. The molecule has 3 rings (SSSR count). The molecule has 1 unspecified atom stereocenters. The van der Waals surface area contributed by atoms with E-state index in [9.17, 15) is 19.6 Å². The normalized spacial score (nSPS) is 12.3. The molecule has 10 nitrogen and oxygen atoms in total. The summed E-state index contributed by atoms with van der Waals surface area (Å²) in [6.45, 7) is 1.71. The third-order valence-electron chi connectivity index (χ3n) is 3.47. The molecule has 3 aromatic rings. The second-order valence-electron chi connectivity index (χ2n) is 5.46. The number of tetrazole rings is 1. The van der Waals surface area contributed by atoms with E-state index < -0.39 is 11.0 Å². The molecule has 0 aliphatic rings. The van der Waals surface area contributed by atoms with Gasteiger partial charge < -0.3 is 5.11 Å². The second-order valence-corrected chi connectivity index (χ2v) is 5.46. The Bertz CT molecular complexity index is 907. The van der Waals surface area contributed by atoms with Crippen molar-refractivity contribution in [3.05, 3.63) is 52.1 Å². The Morgan fingerprint density at radius 3 is 2.88 bits per heavy atom. The van der Waals surface area contributed by atoms with E-state index in [0.717, 1.165) is 6.20 Å². The number of hydrogen-bond donors (Lipinski definition) is 1. The van der Waals surface area contributed by atoms with Crippen molar-refractivity contribution in [1.29, 1.82) is 0 Å². The van der Waals surface area contributed by atoms with Crippen molar-refractivity contribution in [2.24, 2.45) is 0 Å². The summed E-state index contributed by atoms with van der Waals surface area (Å²) in [6.07, 6.45) is 1.41. The predicted molar refractivity (Wildman–Crippen MR) is 82.8 cm³/mol. The molecule has 1 N–H and O–H groups in total. The highest BCUT2D eigenvalue weighted by Crippen LogP contribution is 2.17. The van der Waals surface area contributed by atoms with E-state index in [-0.39, 0.29) is 24.6 Å². The number of nitro groups is 1. The molecule has 2 heterocycles. The van der Waals surface area contributed by atoms with Gasteiger partial charge in [0, 0.05) is 5.56 Å². The quantitative estimate of drug-likeness (QED) is 0.520. The van der Waals surface area contributed by atoms with Gasteiger partial charge in [0.2, 0.25) is 5.82 Å². The zero-order valence-corrected chi connectivity index (χ0v) is 13.2. The largest absolute Gasteiger partial charge is 0.389 e. The number of rotatable bonds is 6. The van der Waals surface area contributed by atoms with E-state index in [1.165, 1.54) is 21.7 Å². The molecular weight excluding hydrogens is 333 g/mol. The molecule has 0 bridgehead atoms. The van der Waals surface area contributed by atoms with Gasteiger partial charge in [-0.1, -0.05) is 0 Å². The highest BCUT2D eigenvalue weighted by atomic mass is 19.1. The number of aliphatic hydroxyl groups excluding tert-OH is 1. The lowest BCUT2D eigenvalue weighted by Gasteiger charge is -2.08. The maximum Gasteiger partial charge on any atom is 0.306 e. The molecule has 1 atom stereocenters. The molecule has 11 heteroatoms. The molecule has 0 aliphatic carbocycles. The SMILES string of the molecule is Cc1cc(-c2nnn(CC(O)Cn3cc([N+](=O)[O-])cn3)n2)ccc1F. The standard InChI is InChI=1S/C14H14FN7O3/c1-9-4-10(2-3-13(9)15)14-17-19-21(18-14)8-12(23)7-20-6-11(5-16-20)22(24)25/h2-6,12,23H,7-8H2,1H3. The molecule has 0 aliphatic heterocycles. The molecular formula is C14H14FN7O3. The first kappa shape index (κ1) is 16.6. The molecule has 0 saturated carbocycles. The number of aliphatic hydroxyl groups is 1. The first-order valence-electron chi connectivity index (χ1n) is 7.31. The fourth-order valence-electron chi connectivity index (χ4n) is 2.23. The minimum Gasteiger partial charge on any atom is -0.389 e. The van der Waals surface area contributed by atoms with Crippen LogP contribution in [0.15, 0.2) is 30.6 Å². The van der Waals surface area contributed by atoms with E-state index >= 15 is 0 Å². The predicted octanol–water partition coefficient (Wildman–Crippen LogP) is 0.953. The summed E-state index contributed by atoms with van der Waals surface area (Å²) in [5, 5.41) is 36.3. The van der Waals surface area contributed by atoms with Gasteiger partial charge >= 0.3 is 5.69 Å². The Balaban J connectivity index is 1.65. The van der Waals surface area contributed by atoms with Crippen molar-refractivity contribution in [2.75, 3.05) is 0 Å². The third kappa shape index (κ3) is 3.83. The number of aryl methyl sites for hydroxylation is 1. The van der Waals surface area contributed by atoms with Crippen LogP contribution < -0.4 is 0 Å². The number of halogens is 1. The topological polar surface area (TPSA) is 125 Å². The van der Waals surface area contributed by atoms with Crippen molar-refractivity contribution >= 4 is 5.69 Å². The Hall–Kier alpha value is -3.21. The monoisotopic (exact) mass is 347 g/mol. The summed E-state index contributed by atoms with van der Waals surface area (Å²) in [6, 6.07) is 4.48. The fraction of sp³-hybridized carbons (Fsp3) is 0.286. The molecule has 0 saturated heterocycles. The summed E-state index contributed by atoms with van der Waals surface area (Å²) >= 11 is 0. The minimum absolute atomic E-state index is 0.0286. The van der Waals surface area contributed by atoms with E-state index in [4.69, 9.17) is 0 Å². The molecule has 25 heavy (non-hydrogen) atoms. The molecule has 0 fully saturated rings. The summed E-state index contributed by atoms with van der Waals surface area (Å²) in [5.41, 5.74) is 0.927. The van der Waals surface area contributed by atoms with Crippen molar-refractivity contribution in [3.63, 3.8) is 0 Å². The van der Waals surface area contributed by atoms with Gasteiger partial charge in [-0.2, -0.15) is 9.90 Å². The van der Waals surface area contributed by atoms with Crippen molar-refractivity contribution in [1.82, 2.24) is 30.0 Å². The van der Waals surface area contributed by atoms with Gasteiger partial charge in [0.1, 0.15) is 18.2 Å².